The second-order valence-corrected chi connectivity index (χ2v) is 7.83. The maximum Gasteiger partial charge on any atom is 0.272 e. The highest BCUT2D eigenvalue weighted by molar-refractivity contribution is 5.92. The smallest absolute Gasteiger partial charge is 0.272 e. The van der Waals surface area contributed by atoms with Gasteiger partial charge in [0.25, 0.3) is 5.91 Å². The van der Waals surface area contributed by atoms with Crippen LogP contribution in [0.25, 0.3) is 0 Å². The molecule has 1 atom stereocenters. The first-order valence-electron chi connectivity index (χ1n) is 10.5. The lowest BCUT2D eigenvalue weighted by Crippen LogP contribution is -2.29. The number of nitrogens with one attached hydrogen (secondary N) is 2. The monoisotopic (exact) mass is 436 g/mol. The average Bonchev–Trinajstić information content (AvgIpc) is 3.49. The van der Waals surface area contributed by atoms with Crippen molar-refractivity contribution in [1.29, 1.82) is 0 Å². The predicted molar refractivity (Wildman–Crippen MR) is 117 cm³/mol. The van der Waals surface area contributed by atoms with E-state index >= 15 is 0 Å². The summed E-state index contributed by atoms with van der Waals surface area (Å²) in [5.41, 5.74) is 2.82. The molecule has 7 nitrogen and oxygen atoms in total. The minimum atomic E-state index is -0.315. The number of likely N-dealkylation sites (tertiary alicyclic amines) is 1. The standard InChI is InChI=1S/C24H25FN4O3/c1-32-22-5-3-2-4-17(22)14-26-24(31)21-13-20(27-28-21)18-10-11-29(15-18)23(30)12-16-6-8-19(25)9-7-16/h2-9,13,18H,10-12,14-15H2,1H3,(H,26,31)(H,27,28)/t18-/m1/s1. The number of hydrogen-bond acceptors (Lipinski definition) is 4. The van der Waals surface area contributed by atoms with Crippen LogP contribution in [0.5, 0.6) is 5.75 Å². The van der Waals surface area contributed by atoms with Crippen LogP contribution in [-0.2, 0) is 17.8 Å². The SMILES string of the molecule is COc1ccccc1CNC(=O)c1cc([C@@H]2CCN(C(=O)Cc3ccc(F)cc3)C2)[nH]n1. The minimum absolute atomic E-state index is 0.00778. The van der Waals surface area contributed by atoms with Gasteiger partial charge in [-0.3, -0.25) is 14.7 Å². The molecule has 1 fully saturated rings. The van der Waals surface area contributed by atoms with Gasteiger partial charge in [0.2, 0.25) is 5.91 Å². The van der Waals surface area contributed by atoms with Crippen LogP contribution in [0.1, 0.15) is 39.6 Å². The van der Waals surface area contributed by atoms with Crippen molar-refractivity contribution in [3.63, 3.8) is 0 Å². The molecule has 8 heteroatoms. The molecule has 4 rings (SSSR count). The number of halogens is 1. The molecule has 0 unspecified atom stereocenters. The van der Waals surface area contributed by atoms with Gasteiger partial charge in [-0.1, -0.05) is 30.3 Å². The van der Waals surface area contributed by atoms with Gasteiger partial charge < -0.3 is 15.0 Å². The molecular formula is C24H25FN4O3. The van der Waals surface area contributed by atoms with Crippen LogP contribution in [0, 0.1) is 5.82 Å². The molecule has 32 heavy (non-hydrogen) atoms. The molecule has 3 aromatic rings. The van der Waals surface area contributed by atoms with Crippen molar-refractivity contribution in [3.8, 4) is 5.75 Å². The zero-order chi connectivity index (χ0) is 22.5. The Bertz CT molecular complexity index is 1100. The summed E-state index contributed by atoms with van der Waals surface area (Å²) in [5, 5.41) is 9.96. The summed E-state index contributed by atoms with van der Waals surface area (Å²) >= 11 is 0. The number of nitrogens with zero attached hydrogens (tertiary/aromatic N) is 2. The van der Waals surface area contributed by atoms with Crippen LogP contribution < -0.4 is 10.1 Å². The summed E-state index contributed by atoms with van der Waals surface area (Å²) in [5.74, 6) is 0.223. The number of para-hydroxylation sites is 1. The molecule has 2 heterocycles. The predicted octanol–water partition coefficient (Wildman–Crippen LogP) is 3.05. The van der Waals surface area contributed by atoms with Gasteiger partial charge in [0.05, 0.1) is 13.5 Å². The Balaban J connectivity index is 1.32. The van der Waals surface area contributed by atoms with Crippen molar-refractivity contribution in [2.75, 3.05) is 20.2 Å². The number of ether oxygens (including phenoxy) is 1. The van der Waals surface area contributed by atoms with E-state index in [1.54, 1.807) is 30.2 Å². The maximum absolute atomic E-state index is 13.1. The molecule has 1 saturated heterocycles. The van der Waals surface area contributed by atoms with Gasteiger partial charge in [-0.2, -0.15) is 5.10 Å². The Labute approximate surface area is 185 Å². The average molecular weight is 436 g/mol. The molecule has 2 amide bonds. The maximum atomic E-state index is 13.1. The van der Waals surface area contributed by atoms with Gasteiger partial charge in [0.1, 0.15) is 17.3 Å². The Hall–Kier alpha value is -3.68. The number of aromatic nitrogens is 2. The molecule has 2 aromatic carbocycles. The number of amides is 2. The van der Waals surface area contributed by atoms with Crippen molar-refractivity contribution in [1.82, 2.24) is 20.4 Å². The second-order valence-electron chi connectivity index (χ2n) is 7.83. The normalized spacial score (nSPS) is 15.6. The van der Waals surface area contributed by atoms with Crippen LogP contribution in [-0.4, -0.2) is 47.1 Å². The van der Waals surface area contributed by atoms with E-state index < -0.39 is 0 Å². The number of carbonyl (C=O) groups excluding carboxylic acids is 2. The van der Waals surface area contributed by atoms with E-state index in [2.05, 4.69) is 15.5 Å². The highest BCUT2D eigenvalue weighted by Gasteiger charge is 2.29. The van der Waals surface area contributed by atoms with Crippen molar-refractivity contribution >= 4 is 11.8 Å². The number of benzene rings is 2. The molecule has 0 bridgehead atoms. The van der Waals surface area contributed by atoms with Gasteiger partial charge in [-0.05, 0) is 36.2 Å². The number of aromatic amines is 1. The molecule has 0 aliphatic carbocycles. The van der Waals surface area contributed by atoms with Crippen LogP contribution in [0.15, 0.2) is 54.6 Å². The summed E-state index contributed by atoms with van der Waals surface area (Å²) < 4.78 is 18.4. The summed E-state index contributed by atoms with van der Waals surface area (Å²) in [6, 6.07) is 15.2. The summed E-state index contributed by atoms with van der Waals surface area (Å²) in [4.78, 5) is 26.9. The van der Waals surface area contributed by atoms with Gasteiger partial charge in [0, 0.05) is 36.8 Å². The molecule has 0 saturated carbocycles. The Morgan fingerprint density at radius 2 is 2.00 bits per heavy atom. The first-order chi connectivity index (χ1) is 15.5. The molecule has 1 aliphatic heterocycles. The third kappa shape index (κ3) is 4.96. The van der Waals surface area contributed by atoms with Gasteiger partial charge in [0.15, 0.2) is 0 Å². The minimum Gasteiger partial charge on any atom is -0.496 e. The highest BCUT2D eigenvalue weighted by Crippen LogP contribution is 2.27. The topological polar surface area (TPSA) is 87.3 Å². The Morgan fingerprint density at radius 1 is 1.22 bits per heavy atom. The number of carbonyl (C=O) groups is 2. The fourth-order valence-corrected chi connectivity index (χ4v) is 3.91. The number of H-pyrrole nitrogens is 1. The zero-order valence-corrected chi connectivity index (χ0v) is 17.8. The zero-order valence-electron chi connectivity index (χ0n) is 17.8. The summed E-state index contributed by atoms with van der Waals surface area (Å²) in [6.45, 7) is 1.53. The van der Waals surface area contributed by atoms with Crippen LogP contribution in [0.3, 0.4) is 0 Å². The van der Waals surface area contributed by atoms with E-state index in [1.165, 1.54) is 12.1 Å². The summed E-state index contributed by atoms with van der Waals surface area (Å²) in [6.07, 6.45) is 1.03. The molecule has 1 aromatic heterocycles. The molecule has 0 spiro atoms. The lowest BCUT2D eigenvalue weighted by molar-refractivity contribution is -0.129. The van der Waals surface area contributed by atoms with Crippen molar-refractivity contribution in [2.24, 2.45) is 0 Å². The molecule has 2 N–H and O–H groups in total. The lowest BCUT2D eigenvalue weighted by Gasteiger charge is -2.16. The quantitative estimate of drug-likeness (QED) is 0.596. The first kappa shape index (κ1) is 21.5. The van der Waals surface area contributed by atoms with Crippen molar-refractivity contribution in [2.45, 2.75) is 25.3 Å². The van der Waals surface area contributed by atoms with Crippen LogP contribution >= 0.6 is 0 Å². The molecule has 0 radical (unpaired) electrons. The fourth-order valence-electron chi connectivity index (χ4n) is 3.91. The molecule has 166 valence electrons. The second kappa shape index (κ2) is 9.64. The summed E-state index contributed by atoms with van der Waals surface area (Å²) in [7, 11) is 1.59. The number of methoxy groups -OCH3 is 1. The number of hydrogen-bond donors (Lipinski definition) is 2. The largest absolute Gasteiger partial charge is 0.496 e. The Kier molecular flexibility index (Phi) is 6.49. The van der Waals surface area contributed by atoms with Gasteiger partial charge >= 0.3 is 0 Å². The van der Waals surface area contributed by atoms with E-state index in [9.17, 15) is 14.0 Å². The van der Waals surface area contributed by atoms with Crippen LogP contribution in [0.4, 0.5) is 4.39 Å². The first-order valence-corrected chi connectivity index (χ1v) is 10.5. The van der Waals surface area contributed by atoms with Gasteiger partial charge in [-0.25, -0.2) is 4.39 Å². The van der Waals surface area contributed by atoms with E-state index in [1.807, 2.05) is 24.3 Å². The van der Waals surface area contributed by atoms with E-state index in [-0.39, 0.29) is 30.0 Å². The van der Waals surface area contributed by atoms with E-state index in [0.29, 0.717) is 31.1 Å². The number of rotatable bonds is 7. The van der Waals surface area contributed by atoms with Crippen molar-refractivity contribution in [3.05, 3.63) is 82.9 Å². The van der Waals surface area contributed by atoms with Crippen molar-refractivity contribution < 1.29 is 18.7 Å². The highest BCUT2D eigenvalue weighted by atomic mass is 19.1. The van der Waals surface area contributed by atoms with E-state index in [4.69, 9.17) is 4.74 Å². The van der Waals surface area contributed by atoms with Gasteiger partial charge in [-0.15, -0.1) is 0 Å². The fraction of sp³-hybridized carbons (Fsp3) is 0.292. The molecule has 1 aliphatic rings. The third-order valence-electron chi connectivity index (χ3n) is 5.71. The van der Waals surface area contributed by atoms with E-state index in [0.717, 1.165) is 23.2 Å². The lowest BCUT2D eigenvalue weighted by atomic mass is 10.0. The third-order valence-corrected chi connectivity index (χ3v) is 5.71. The molecular weight excluding hydrogens is 411 g/mol. The van der Waals surface area contributed by atoms with Crippen LogP contribution in [0.2, 0.25) is 0 Å². The Morgan fingerprint density at radius 3 is 2.78 bits per heavy atom.